The first-order valence-electron chi connectivity index (χ1n) is 12.8. The summed E-state index contributed by atoms with van der Waals surface area (Å²) >= 11 is 0. The number of methoxy groups -OCH3 is 2. The molecule has 1 aliphatic carbocycles. The first-order valence-corrected chi connectivity index (χ1v) is 12.8. The molecule has 3 aromatic rings. The van der Waals surface area contributed by atoms with Crippen molar-refractivity contribution in [3.8, 4) is 16.9 Å². The van der Waals surface area contributed by atoms with Crippen LogP contribution in [0.5, 0.6) is 5.75 Å². The molecular weight excluding hydrogens is 452 g/mol. The molecule has 1 fully saturated rings. The molecule has 1 N–H and O–H groups in total. The number of pyridine rings is 2. The fourth-order valence-electron chi connectivity index (χ4n) is 4.75. The van der Waals surface area contributed by atoms with E-state index in [9.17, 15) is 4.79 Å². The van der Waals surface area contributed by atoms with Gasteiger partial charge in [-0.2, -0.15) is 0 Å². The van der Waals surface area contributed by atoms with E-state index in [0.29, 0.717) is 12.3 Å². The lowest BCUT2D eigenvalue weighted by Gasteiger charge is -2.32. The molecule has 5 rings (SSSR count). The van der Waals surface area contributed by atoms with Crippen molar-refractivity contribution in [1.82, 2.24) is 9.97 Å². The second-order valence-corrected chi connectivity index (χ2v) is 9.32. The second kappa shape index (κ2) is 12.0. The Labute approximate surface area is 215 Å². The molecule has 2 aliphatic rings. The zero-order valence-electron chi connectivity index (χ0n) is 21.7. The lowest BCUT2D eigenvalue weighted by molar-refractivity contribution is -0.124. The van der Waals surface area contributed by atoms with Crippen molar-refractivity contribution in [2.45, 2.75) is 58.6 Å². The largest absolute Gasteiger partial charge is 0.495 e. The third kappa shape index (κ3) is 5.68. The van der Waals surface area contributed by atoms with Crippen molar-refractivity contribution >= 4 is 23.1 Å². The van der Waals surface area contributed by atoms with Crippen molar-refractivity contribution in [3.05, 3.63) is 60.6 Å². The Kier molecular flexibility index (Phi) is 8.54. The molecule has 2 aromatic heterocycles. The molecule has 0 saturated heterocycles. The summed E-state index contributed by atoms with van der Waals surface area (Å²) in [5.41, 5.74) is 4.63. The summed E-state index contributed by atoms with van der Waals surface area (Å²) in [4.78, 5) is 24.6. The van der Waals surface area contributed by atoms with Gasteiger partial charge in [-0.1, -0.05) is 32.4 Å². The number of carbonyl (C=O) groups excluding carboxylic acids is 1. The number of amides is 1. The van der Waals surface area contributed by atoms with Crippen LogP contribution in [0.2, 0.25) is 0 Å². The van der Waals surface area contributed by atoms with Crippen molar-refractivity contribution in [2.24, 2.45) is 5.92 Å². The minimum Gasteiger partial charge on any atom is -0.495 e. The molecule has 0 atom stereocenters. The van der Waals surface area contributed by atoms with Gasteiger partial charge >= 0.3 is 0 Å². The summed E-state index contributed by atoms with van der Waals surface area (Å²) < 4.78 is 10.9. The van der Waals surface area contributed by atoms with Gasteiger partial charge in [0, 0.05) is 38.0 Å². The predicted octanol–water partition coefficient (Wildman–Crippen LogP) is 6.61. The maximum absolute atomic E-state index is 13.8. The molecule has 1 amide bonds. The molecule has 1 saturated carbocycles. The zero-order chi connectivity index (χ0) is 25.5. The number of aromatic nitrogens is 2. The van der Waals surface area contributed by atoms with E-state index >= 15 is 0 Å². The maximum atomic E-state index is 13.8. The van der Waals surface area contributed by atoms with Gasteiger partial charge in [0.05, 0.1) is 37.3 Å². The van der Waals surface area contributed by atoms with Gasteiger partial charge in [0.15, 0.2) is 0 Å². The number of rotatable bonds is 4. The van der Waals surface area contributed by atoms with Crippen LogP contribution < -0.4 is 15.0 Å². The van der Waals surface area contributed by atoms with Crippen LogP contribution in [-0.4, -0.2) is 36.2 Å². The summed E-state index contributed by atoms with van der Waals surface area (Å²) in [5, 5.41) is 3.44. The topological polar surface area (TPSA) is 76.6 Å². The number of ether oxygens (including phenoxy) is 2. The number of fused-ring (bicyclic) bond motifs is 2. The van der Waals surface area contributed by atoms with Crippen molar-refractivity contribution in [1.29, 1.82) is 0 Å². The summed E-state index contributed by atoms with van der Waals surface area (Å²) in [6.45, 7) is 4.73. The van der Waals surface area contributed by atoms with Gasteiger partial charge in [0.2, 0.25) is 5.91 Å². The van der Waals surface area contributed by atoms with Crippen LogP contribution in [0.3, 0.4) is 0 Å². The molecule has 7 nitrogen and oxygen atoms in total. The van der Waals surface area contributed by atoms with E-state index in [1.54, 1.807) is 26.6 Å². The Morgan fingerprint density at radius 3 is 2.58 bits per heavy atom. The fourth-order valence-corrected chi connectivity index (χ4v) is 4.75. The van der Waals surface area contributed by atoms with Gasteiger partial charge in [-0.15, -0.1) is 0 Å². The fraction of sp³-hybridized carbons (Fsp3) is 0.414. The lowest BCUT2D eigenvalue weighted by atomic mass is 9.86. The van der Waals surface area contributed by atoms with Crippen molar-refractivity contribution in [2.75, 3.05) is 24.4 Å². The van der Waals surface area contributed by atoms with Gasteiger partial charge < -0.3 is 19.7 Å². The molecule has 0 unspecified atom stereocenters. The molecule has 1 aromatic carbocycles. The highest BCUT2D eigenvalue weighted by molar-refractivity contribution is 6.00. The number of nitrogens with one attached hydrogen (secondary N) is 1. The van der Waals surface area contributed by atoms with Gasteiger partial charge in [0.25, 0.3) is 0 Å². The first-order chi connectivity index (χ1) is 17.6. The molecule has 1 aliphatic heterocycles. The van der Waals surface area contributed by atoms with E-state index < -0.39 is 0 Å². The van der Waals surface area contributed by atoms with E-state index in [0.717, 1.165) is 59.6 Å². The average molecular weight is 491 g/mol. The summed E-state index contributed by atoms with van der Waals surface area (Å²) in [6, 6.07) is 12.0. The first kappa shape index (κ1) is 25.6. The smallest absolute Gasteiger partial charge is 0.230 e. The Bertz CT molecular complexity index is 1180. The average Bonchev–Trinajstić information content (AvgIpc) is 3.09. The van der Waals surface area contributed by atoms with Gasteiger partial charge in [-0.05, 0) is 55.5 Å². The molecule has 36 heavy (non-hydrogen) atoms. The van der Waals surface area contributed by atoms with Crippen LogP contribution in [0.15, 0.2) is 55.0 Å². The Hall–Kier alpha value is -3.45. The highest BCUT2D eigenvalue weighted by atomic mass is 16.5. The number of hydrogen-bond donors (Lipinski definition) is 1. The molecule has 192 valence electrons. The highest BCUT2D eigenvalue weighted by Gasteiger charge is 2.33. The van der Waals surface area contributed by atoms with E-state index in [1.165, 1.54) is 6.42 Å². The van der Waals surface area contributed by atoms with E-state index in [4.69, 9.17) is 9.47 Å². The number of benzene rings is 1. The monoisotopic (exact) mass is 490 g/mol. The predicted molar refractivity (Wildman–Crippen MR) is 146 cm³/mol. The van der Waals surface area contributed by atoms with E-state index in [-0.39, 0.29) is 19.4 Å². The number of carbonyl (C=O) groups is 1. The number of nitrogens with zero attached hydrogens (tertiary/aromatic N) is 3. The van der Waals surface area contributed by atoms with Crippen LogP contribution in [-0.2, 0) is 16.1 Å². The summed E-state index contributed by atoms with van der Waals surface area (Å²) in [7, 11) is 3.38. The number of anilines is 3. The third-order valence-electron chi connectivity index (χ3n) is 6.67. The molecule has 3 heterocycles. The minimum atomic E-state index is -0.00962. The number of hydrogen-bond acceptors (Lipinski definition) is 6. The Balaban J connectivity index is 0.000000908. The third-order valence-corrected chi connectivity index (χ3v) is 6.67. The van der Waals surface area contributed by atoms with Crippen LogP contribution in [0.4, 0.5) is 17.2 Å². The summed E-state index contributed by atoms with van der Waals surface area (Å²) in [6.07, 6.45) is 10.3. The SMILES string of the molecule is CCC.COc1cncc(-c2ccc3c(c2)N(C(=O)C2CCC(OC)CC2)Cc2cccnc2N3)c1.[HH]. The summed E-state index contributed by atoms with van der Waals surface area (Å²) in [5.74, 6) is 1.63. The van der Waals surface area contributed by atoms with Crippen molar-refractivity contribution < 1.29 is 15.7 Å². The highest BCUT2D eigenvalue weighted by Crippen LogP contribution is 2.40. The van der Waals surface area contributed by atoms with Crippen LogP contribution in [0.25, 0.3) is 11.1 Å². The molecule has 0 bridgehead atoms. The van der Waals surface area contributed by atoms with Gasteiger partial charge in [0.1, 0.15) is 11.6 Å². The van der Waals surface area contributed by atoms with E-state index in [2.05, 4.69) is 35.2 Å². The standard InChI is InChI=1S/C26H28N4O3.C3H8.H2/c1-32-21-8-5-17(6-9-21)26(31)30-16-19-4-3-11-28-25(19)29-23-10-7-18(13-24(23)30)20-12-22(33-2)15-27-14-20;1-3-2;/h3-4,7,10-15,17,21H,5-6,8-9,16H2,1-2H3,(H,28,29);3H2,1-2H3;1H. The van der Waals surface area contributed by atoms with Crippen LogP contribution in [0.1, 0.15) is 52.9 Å². The maximum Gasteiger partial charge on any atom is 0.230 e. The minimum absolute atomic E-state index is 0. The van der Waals surface area contributed by atoms with Crippen LogP contribution in [0, 0.1) is 5.92 Å². The Morgan fingerprint density at radius 2 is 1.86 bits per heavy atom. The second-order valence-electron chi connectivity index (χ2n) is 9.32. The zero-order valence-corrected chi connectivity index (χ0v) is 21.7. The molecule has 7 heteroatoms. The van der Waals surface area contributed by atoms with Crippen molar-refractivity contribution in [3.63, 3.8) is 0 Å². The van der Waals surface area contributed by atoms with E-state index in [1.807, 2.05) is 41.4 Å². The normalized spacial score (nSPS) is 18.5. The Morgan fingerprint density at radius 1 is 1.08 bits per heavy atom. The van der Waals surface area contributed by atoms with Gasteiger partial charge in [-0.3, -0.25) is 9.78 Å². The molecule has 0 radical (unpaired) electrons. The van der Waals surface area contributed by atoms with Crippen LogP contribution >= 0.6 is 0 Å². The lowest BCUT2D eigenvalue weighted by Crippen LogP contribution is -2.38. The van der Waals surface area contributed by atoms with Gasteiger partial charge in [-0.25, -0.2) is 4.98 Å². The molecular formula is C29H38N4O3. The quantitative estimate of drug-likeness (QED) is 0.443. The molecule has 0 spiro atoms.